The fraction of sp³-hybridized carbons (Fsp3) is 0.476. The number of methoxy groups -OCH3 is 1. The molecule has 0 unspecified atom stereocenters. The molecule has 150 valence electrons. The summed E-state index contributed by atoms with van der Waals surface area (Å²) in [5.41, 5.74) is 2.91. The quantitative estimate of drug-likeness (QED) is 0.794. The highest BCUT2D eigenvalue weighted by Gasteiger charge is 2.36. The number of aromatic nitrogens is 2. The number of carbonyl (C=O) groups is 2. The maximum atomic E-state index is 12.4. The van der Waals surface area contributed by atoms with Crippen molar-refractivity contribution in [2.75, 3.05) is 7.11 Å². The van der Waals surface area contributed by atoms with Crippen LogP contribution in [0.4, 0.5) is 0 Å². The SMILES string of the molecule is COc1ccc(-n2ncc3c2CC(C)(C)C[C@@H]3NC(=O)C(=O)NC(C)C)cc1. The first-order valence-electron chi connectivity index (χ1n) is 9.53. The molecule has 0 spiro atoms. The molecule has 0 radical (unpaired) electrons. The van der Waals surface area contributed by atoms with Crippen molar-refractivity contribution in [1.29, 1.82) is 0 Å². The topological polar surface area (TPSA) is 85.2 Å². The average Bonchev–Trinajstić information content (AvgIpc) is 3.03. The maximum absolute atomic E-state index is 12.4. The number of rotatable bonds is 4. The molecule has 1 aromatic carbocycles. The summed E-state index contributed by atoms with van der Waals surface area (Å²) in [6.07, 6.45) is 3.37. The van der Waals surface area contributed by atoms with E-state index in [0.29, 0.717) is 0 Å². The molecule has 0 saturated carbocycles. The molecule has 0 saturated heterocycles. The first-order chi connectivity index (χ1) is 13.2. The van der Waals surface area contributed by atoms with Crippen LogP contribution in [0.2, 0.25) is 0 Å². The van der Waals surface area contributed by atoms with Gasteiger partial charge < -0.3 is 15.4 Å². The first-order valence-corrected chi connectivity index (χ1v) is 9.53. The van der Waals surface area contributed by atoms with Crippen LogP contribution in [0.25, 0.3) is 5.69 Å². The minimum atomic E-state index is -0.612. The highest BCUT2D eigenvalue weighted by atomic mass is 16.5. The van der Waals surface area contributed by atoms with E-state index >= 15 is 0 Å². The highest BCUT2D eigenvalue weighted by molar-refractivity contribution is 6.35. The molecule has 28 heavy (non-hydrogen) atoms. The van der Waals surface area contributed by atoms with E-state index in [1.807, 2.05) is 42.8 Å². The molecule has 1 aliphatic carbocycles. The van der Waals surface area contributed by atoms with Crippen molar-refractivity contribution < 1.29 is 14.3 Å². The Labute approximate surface area is 165 Å². The van der Waals surface area contributed by atoms with E-state index in [1.54, 1.807) is 13.3 Å². The second-order valence-electron chi connectivity index (χ2n) is 8.36. The van der Waals surface area contributed by atoms with Crippen molar-refractivity contribution >= 4 is 11.8 Å². The summed E-state index contributed by atoms with van der Waals surface area (Å²) in [5.74, 6) is -0.437. The summed E-state index contributed by atoms with van der Waals surface area (Å²) in [6, 6.07) is 7.36. The summed E-state index contributed by atoms with van der Waals surface area (Å²) < 4.78 is 7.13. The van der Waals surface area contributed by atoms with Gasteiger partial charge in [0, 0.05) is 11.6 Å². The molecule has 2 amide bonds. The lowest BCUT2D eigenvalue weighted by Crippen LogP contribution is -2.45. The normalized spacial score (nSPS) is 17.7. The van der Waals surface area contributed by atoms with Gasteiger partial charge in [0.15, 0.2) is 0 Å². The number of hydrogen-bond acceptors (Lipinski definition) is 4. The van der Waals surface area contributed by atoms with E-state index < -0.39 is 11.8 Å². The Morgan fingerprint density at radius 3 is 2.50 bits per heavy atom. The third-order valence-electron chi connectivity index (χ3n) is 4.93. The van der Waals surface area contributed by atoms with Gasteiger partial charge in [0.2, 0.25) is 0 Å². The van der Waals surface area contributed by atoms with E-state index in [9.17, 15) is 9.59 Å². The van der Waals surface area contributed by atoms with Crippen molar-refractivity contribution in [3.05, 3.63) is 41.7 Å². The predicted octanol–water partition coefficient (Wildman–Crippen LogP) is 2.54. The first kappa shape index (κ1) is 19.9. The molecule has 2 aromatic rings. The van der Waals surface area contributed by atoms with Crippen molar-refractivity contribution in [3.8, 4) is 11.4 Å². The number of carbonyl (C=O) groups excluding carboxylic acids is 2. The molecule has 3 rings (SSSR count). The zero-order valence-corrected chi connectivity index (χ0v) is 17.1. The Morgan fingerprint density at radius 2 is 1.89 bits per heavy atom. The standard InChI is InChI=1S/C21H28N4O3/c1-13(2)23-19(26)20(27)24-17-10-21(3,4)11-18-16(17)12-22-25(18)14-6-8-15(28-5)9-7-14/h6-9,12-13,17H,10-11H2,1-5H3,(H,23,26)(H,24,27)/t17-/m0/s1. The van der Waals surface area contributed by atoms with Crippen molar-refractivity contribution in [1.82, 2.24) is 20.4 Å². The van der Waals surface area contributed by atoms with Crippen LogP contribution in [-0.4, -0.2) is 34.7 Å². The lowest BCUT2D eigenvalue weighted by atomic mass is 9.74. The van der Waals surface area contributed by atoms with Crippen molar-refractivity contribution in [2.45, 2.75) is 52.6 Å². The number of nitrogens with one attached hydrogen (secondary N) is 2. The summed E-state index contributed by atoms with van der Waals surface area (Å²) >= 11 is 0. The van der Waals surface area contributed by atoms with Gasteiger partial charge in [-0.1, -0.05) is 13.8 Å². The predicted molar refractivity (Wildman–Crippen MR) is 106 cm³/mol. The third kappa shape index (κ3) is 4.18. The minimum absolute atomic E-state index is 0.0380. The molecule has 7 heteroatoms. The average molecular weight is 384 g/mol. The second kappa shape index (κ2) is 7.66. The van der Waals surface area contributed by atoms with Gasteiger partial charge >= 0.3 is 11.8 Å². The van der Waals surface area contributed by atoms with Crippen LogP contribution in [0.5, 0.6) is 5.75 Å². The number of ether oxygens (including phenoxy) is 1. The van der Waals surface area contributed by atoms with Crippen molar-refractivity contribution in [3.63, 3.8) is 0 Å². The van der Waals surface area contributed by atoms with E-state index in [0.717, 1.165) is 35.5 Å². The van der Waals surface area contributed by atoms with Crippen molar-refractivity contribution in [2.24, 2.45) is 5.41 Å². The fourth-order valence-corrected chi connectivity index (χ4v) is 3.67. The van der Waals surface area contributed by atoms with Crippen LogP contribution in [0.1, 0.15) is 51.4 Å². The van der Waals surface area contributed by atoms with Crippen LogP contribution < -0.4 is 15.4 Å². The van der Waals surface area contributed by atoms with Gasteiger partial charge in [0.1, 0.15) is 5.75 Å². The lowest BCUT2D eigenvalue weighted by molar-refractivity contribution is -0.140. The molecule has 1 aromatic heterocycles. The summed E-state index contributed by atoms with van der Waals surface area (Å²) in [7, 11) is 1.63. The molecule has 1 aliphatic rings. The van der Waals surface area contributed by atoms with Crippen LogP contribution in [0.15, 0.2) is 30.5 Å². The molecule has 1 atom stereocenters. The van der Waals surface area contributed by atoms with Gasteiger partial charge in [-0.05, 0) is 56.4 Å². The van der Waals surface area contributed by atoms with Crippen LogP contribution in [0.3, 0.4) is 0 Å². The molecule has 0 fully saturated rings. The number of nitrogens with zero attached hydrogens (tertiary/aromatic N) is 2. The van der Waals surface area contributed by atoms with Crippen LogP contribution >= 0.6 is 0 Å². The van der Waals surface area contributed by atoms with Gasteiger partial charge in [0.25, 0.3) is 0 Å². The molecular formula is C21H28N4O3. The van der Waals surface area contributed by atoms with Gasteiger partial charge in [-0.25, -0.2) is 4.68 Å². The van der Waals surface area contributed by atoms with E-state index in [2.05, 4.69) is 29.6 Å². The van der Waals surface area contributed by atoms with Gasteiger partial charge in [-0.3, -0.25) is 9.59 Å². The molecule has 0 bridgehead atoms. The summed E-state index contributed by atoms with van der Waals surface area (Å²) in [5, 5.41) is 10.1. The van der Waals surface area contributed by atoms with Gasteiger partial charge in [-0.2, -0.15) is 5.10 Å². The summed E-state index contributed by atoms with van der Waals surface area (Å²) in [4.78, 5) is 24.4. The number of amides is 2. The number of hydrogen-bond donors (Lipinski definition) is 2. The molecule has 2 N–H and O–H groups in total. The Morgan fingerprint density at radius 1 is 1.21 bits per heavy atom. The highest BCUT2D eigenvalue weighted by Crippen LogP contribution is 2.41. The molecule has 1 heterocycles. The monoisotopic (exact) mass is 384 g/mol. The van der Waals surface area contributed by atoms with E-state index in [-0.39, 0.29) is 17.5 Å². The van der Waals surface area contributed by atoms with Crippen LogP contribution in [0, 0.1) is 5.41 Å². The largest absolute Gasteiger partial charge is 0.497 e. The Hall–Kier alpha value is -2.83. The van der Waals surface area contributed by atoms with Gasteiger partial charge in [-0.15, -0.1) is 0 Å². The smallest absolute Gasteiger partial charge is 0.309 e. The third-order valence-corrected chi connectivity index (χ3v) is 4.93. The molecule has 7 nitrogen and oxygen atoms in total. The second-order valence-corrected chi connectivity index (χ2v) is 8.36. The Balaban J connectivity index is 1.89. The number of fused-ring (bicyclic) bond motifs is 1. The zero-order chi connectivity index (χ0) is 20.5. The fourth-order valence-electron chi connectivity index (χ4n) is 3.67. The number of benzene rings is 1. The maximum Gasteiger partial charge on any atom is 0.309 e. The molecule has 0 aliphatic heterocycles. The van der Waals surface area contributed by atoms with E-state index in [1.165, 1.54) is 0 Å². The minimum Gasteiger partial charge on any atom is -0.497 e. The lowest BCUT2D eigenvalue weighted by Gasteiger charge is -2.35. The van der Waals surface area contributed by atoms with E-state index in [4.69, 9.17) is 4.74 Å². The van der Waals surface area contributed by atoms with Crippen LogP contribution in [-0.2, 0) is 16.0 Å². The zero-order valence-electron chi connectivity index (χ0n) is 17.1. The summed E-state index contributed by atoms with van der Waals surface area (Å²) in [6.45, 7) is 7.97. The Bertz CT molecular complexity index is 868. The molecular weight excluding hydrogens is 356 g/mol. The van der Waals surface area contributed by atoms with Gasteiger partial charge in [0.05, 0.1) is 30.7 Å². The Kier molecular flexibility index (Phi) is 5.45.